The van der Waals surface area contributed by atoms with Gasteiger partial charge in [-0.3, -0.25) is 4.79 Å². The summed E-state index contributed by atoms with van der Waals surface area (Å²) < 4.78 is 52.4. The van der Waals surface area contributed by atoms with Crippen molar-refractivity contribution in [3.8, 4) is 0 Å². The molecule has 1 heterocycles. The highest BCUT2D eigenvalue weighted by atomic mass is 32.2. The summed E-state index contributed by atoms with van der Waals surface area (Å²) in [6.45, 7) is 2.09. The van der Waals surface area contributed by atoms with Gasteiger partial charge >= 0.3 is 6.18 Å². The van der Waals surface area contributed by atoms with Gasteiger partial charge in [0.1, 0.15) is 10.8 Å². The second kappa shape index (κ2) is 8.14. The number of nitrogens with zero attached hydrogens (tertiary/aromatic N) is 3. The van der Waals surface area contributed by atoms with Crippen molar-refractivity contribution in [3.63, 3.8) is 0 Å². The van der Waals surface area contributed by atoms with Crippen molar-refractivity contribution in [1.29, 1.82) is 0 Å². The number of alkyl halides is 3. The number of amides is 1. The molecule has 0 aliphatic heterocycles. The van der Waals surface area contributed by atoms with Crippen LogP contribution < -0.4 is 4.90 Å². The first-order valence-corrected chi connectivity index (χ1v) is 9.31. The molecule has 0 fully saturated rings. The number of anilines is 1. The Kier molecular flexibility index (Phi) is 5.83. The zero-order valence-electron chi connectivity index (χ0n) is 14.7. The minimum absolute atomic E-state index is 0.0847. The molecule has 0 aliphatic rings. The number of carbonyl (C=O) groups is 1. The molecule has 0 atom stereocenters. The number of benzene rings is 2. The zero-order chi connectivity index (χ0) is 20.3. The van der Waals surface area contributed by atoms with E-state index in [1.165, 1.54) is 35.2 Å². The molecule has 146 valence electrons. The van der Waals surface area contributed by atoms with Crippen LogP contribution in [0.15, 0.2) is 53.6 Å². The summed E-state index contributed by atoms with van der Waals surface area (Å²) in [4.78, 5) is 21.2. The van der Waals surface area contributed by atoms with E-state index in [4.69, 9.17) is 0 Å². The third kappa shape index (κ3) is 4.41. The van der Waals surface area contributed by atoms with Crippen LogP contribution in [0.3, 0.4) is 0 Å². The second-order valence-corrected chi connectivity index (χ2v) is 6.73. The zero-order valence-corrected chi connectivity index (χ0v) is 15.5. The highest BCUT2D eigenvalue weighted by Crippen LogP contribution is 2.32. The number of halogens is 4. The standard InChI is InChI=1S/C19H15F4N3OS/c1-2-26(13-9-7-12(20)8-10-13)16(27)11-28-17-14-5-3-4-6-15(14)24-18(25-17)19(21,22)23/h3-10H,2,11H2,1H3. The molecule has 28 heavy (non-hydrogen) atoms. The first-order valence-electron chi connectivity index (χ1n) is 8.32. The summed E-state index contributed by atoms with van der Waals surface area (Å²) in [5.41, 5.74) is 0.670. The summed E-state index contributed by atoms with van der Waals surface area (Å²) in [6.07, 6.45) is -4.69. The molecule has 3 aromatic rings. The largest absolute Gasteiger partial charge is 0.451 e. The first-order chi connectivity index (χ1) is 13.3. The normalized spacial score (nSPS) is 11.6. The van der Waals surface area contributed by atoms with E-state index < -0.39 is 17.8 Å². The van der Waals surface area contributed by atoms with Gasteiger partial charge in [-0.15, -0.1) is 0 Å². The fraction of sp³-hybridized carbons (Fsp3) is 0.211. The number of rotatable bonds is 5. The van der Waals surface area contributed by atoms with Crippen LogP contribution in [-0.2, 0) is 11.0 Å². The van der Waals surface area contributed by atoms with Crippen molar-refractivity contribution in [1.82, 2.24) is 9.97 Å². The third-order valence-corrected chi connectivity index (χ3v) is 4.89. The van der Waals surface area contributed by atoms with E-state index in [2.05, 4.69) is 9.97 Å². The molecule has 0 bridgehead atoms. The fourth-order valence-electron chi connectivity index (χ4n) is 2.62. The van der Waals surface area contributed by atoms with Gasteiger partial charge in [-0.25, -0.2) is 14.4 Å². The number of fused-ring (bicyclic) bond motifs is 1. The molecule has 3 rings (SSSR count). The number of aromatic nitrogens is 2. The number of carbonyl (C=O) groups excluding carboxylic acids is 1. The lowest BCUT2D eigenvalue weighted by Crippen LogP contribution is -2.32. The quantitative estimate of drug-likeness (QED) is 0.340. The van der Waals surface area contributed by atoms with E-state index in [0.29, 0.717) is 17.6 Å². The van der Waals surface area contributed by atoms with Gasteiger partial charge in [0.05, 0.1) is 11.3 Å². The lowest BCUT2D eigenvalue weighted by molar-refractivity contribution is -0.145. The summed E-state index contributed by atoms with van der Waals surface area (Å²) >= 11 is 0.913. The summed E-state index contributed by atoms with van der Waals surface area (Å²) in [6, 6.07) is 11.8. The fourth-order valence-corrected chi connectivity index (χ4v) is 3.51. The molecular weight excluding hydrogens is 394 g/mol. The average molecular weight is 409 g/mol. The van der Waals surface area contributed by atoms with Crippen LogP contribution in [-0.4, -0.2) is 28.2 Å². The minimum Gasteiger partial charge on any atom is -0.312 e. The van der Waals surface area contributed by atoms with Crippen molar-refractivity contribution < 1.29 is 22.4 Å². The van der Waals surface area contributed by atoms with Crippen LogP contribution in [0.5, 0.6) is 0 Å². The summed E-state index contributed by atoms with van der Waals surface area (Å²) in [7, 11) is 0. The first kappa shape index (κ1) is 20.1. The topological polar surface area (TPSA) is 46.1 Å². The van der Waals surface area contributed by atoms with E-state index in [-0.39, 0.29) is 22.2 Å². The summed E-state index contributed by atoms with van der Waals surface area (Å²) in [5.74, 6) is -2.11. The Morgan fingerprint density at radius 1 is 1.07 bits per heavy atom. The Morgan fingerprint density at radius 2 is 1.75 bits per heavy atom. The van der Waals surface area contributed by atoms with Gasteiger partial charge < -0.3 is 4.90 Å². The molecule has 1 amide bonds. The molecule has 0 aliphatic carbocycles. The third-order valence-electron chi connectivity index (χ3n) is 3.91. The highest BCUT2D eigenvalue weighted by Gasteiger charge is 2.35. The molecular formula is C19H15F4N3OS. The molecule has 0 saturated carbocycles. The molecule has 0 radical (unpaired) electrons. The van der Waals surface area contributed by atoms with E-state index in [9.17, 15) is 22.4 Å². The molecule has 9 heteroatoms. The Morgan fingerprint density at radius 3 is 2.39 bits per heavy atom. The van der Waals surface area contributed by atoms with Gasteiger partial charge in [0.2, 0.25) is 11.7 Å². The lowest BCUT2D eigenvalue weighted by atomic mass is 10.2. The van der Waals surface area contributed by atoms with Crippen molar-refractivity contribution in [3.05, 3.63) is 60.2 Å². The van der Waals surface area contributed by atoms with Gasteiger partial charge in [0.15, 0.2) is 0 Å². The van der Waals surface area contributed by atoms with Gasteiger partial charge in [-0.05, 0) is 37.3 Å². The lowest BCUT2D eigenvalue weighted by Gasteiger charge is -2.21. The van der Waals surface area contributed by atoms with Crippen LogP contribution >= 0.6 is 11.8 Å². The molecule has 0 unspecified atom stereocenters. The minimum atomic E-state index is -4.69. The van der Waals surface area contributed by atoms with Gasteiger partial charge in [-0.1, -0.05) is 30.0 Å². The van der Waals surface area contributed by atoms with Crippen LogP contribution in [0.25, 0.3) is 10.9 Å². The maximum Gasteiger partial charge on any atom is 0.451 e. The maximum absolute atomic E-state index is 13.1. The predicted octanol–water partition coefficient (Wildman–Crippen LogP) is 4.93. The molecule has 0 spiro atoms. The molecule has 0 saturated heterocycles. The van der Waals surface area contributed by atoms with Crippen molar-refractivity contribution in [2.24, 2.45) is 0 Å². The van der Waals surface area contributed by atoms with E-state index >= 15 is 0 Å². The SMILES string of the molecule is CCN(C(=O)CSc1nc(C(F)(F)F)nc2ccccc12)c1ccc(F)cc1. The number of thioether (sulfide) groups is 1. The number of hydrogen-bond donors (Lipinski definition) is 0. The van der Waals surface area contributed by atoms with Crippen LogP contribution in [0, 0.1) is 5.82 Å². The van der Waals surface area contributed by atoms with E-state index in [1.807, 2.05) is 0 Å². The Hall–Kier alpha value is -2.68. The Bertz CT molecular complexity index is 993. The van der Waals surface area contributed by atoms with Crippen molar-refractivity contribution >= 4 is 34.3 Å². The maximum atomic E-state index is 13.1. The van der Waals surface area contributed by atoms with Gasteiger partial charge in [0.25, 0.3) is 0 Å². The molecule has 4 nitrogen and oxygen atoms in total. The van der Waals surface area contributed by atoms with Gasteiger partial charge in [0, 0.05) is 17.6 Å². The smallest absolute Gasteiger partial charge is 0.312 e. The van der Waals surface area contributed by atoms with Crippen LogP contribution in [0.4, 0.5) is 23.2 Å². The van der Waals surface area contributed by atoms with Crippen LogP contribution in [0.2, 0.25) is 0 Å². The molecule has 1 aromatic heterocycles. The van der Waals surface area contributed by atoms with Crippen molar-refractivity contribution in [2.75, 3.05) is 17.2 Å². The number of para-hydroxylation sites is 1. The van der Waals surface area contributed by atoms with E-state index in [1.54, 1.807) is 25.1 Å². The monoisotopic (exact) mass is 409 g/mol. The average Bonchev–Trinajstić information content (AvgIpc) is 2.67. The predicted molar refractivity (Wildman–Crippen MR) is 99.7 cm³/mol. The Balaban J connectivity index is 1.86. The van der Waals surface area contributed by atoms with E-state index in [0.717, 1.165) is 11.8 Å². The van der Waals surface area contributed by atoms with Gasteiger partial charge in [-0.2, -0.15) is 13.2 Å². The second-order valence-electron chi connectivity index (χ2n) is 5.77. The summed E-state index contributed by atoms with van der Waals surface area (Å²) in [5, 5.41) is 0.527. The Labute approximate surface area is 162 Å². The van der Waals surface area contributed by atoms with Crippen LogP contribution in [0.1, 0.15) is 12.7 Å². The molecule has 2 aromatic carbocycles. The van der Waals surface area contributed by atoms with Crippen molar-refractivity contribution in [2.45, 2.75) is 18.1 Å². The number of hydrogen-bond acceptors (Lipinski definition) is 4. The highest BCUT2D eigenvalue weighted by molar-refractivity contribution is 8.00. The molecule has 0 N–H and O–H groups in total.